The molecule has 3 N–H and O–H groups in total. The van der Waals surface area contributed by atoms with Gasteiger partial charge in [0.05, 0.1) is 6.42 Å². The van der Waals surface area contributed by atoms with Gasteiger partial charge in [-0.15, -0.1) is 0 Å². The third kappa shape index (κ3) is 6.46. The summed E-state index contributed by atoms with van der Waals surface area (Å²) in [7, 11) is 0. The number of halogens is 4. The first-order chi connectivity index (χ1) is 8.14. The molecule has 0 spiro atoms. The zero-order chi connectivity index (χ0) is 14.3. The molecule has 1 aromatic rings. The average Bonchev–Trinajstić information content (AvgIpc) is 2.20. The highest BCUT2D eigenvalue weighted by Gasteiger charge is 2.38. The maximum absolute atomic E-state index is 12.7. The van der Waals surface area contributed by atoms with Gasteiger partial charge in [0.15, 0.2) is 0 Å². The molecule has 1 amide bonds. The van der Waals surface area contributed by atoms with Crippen LogP contribution in [0.1, 0.15) is 5.56 Å². The standard InChI is InChI=1S/C8H8FNO.C2HF3O2/c9-7-4-2-1-3-6(7)5-8(10)11;3-2(4,5)1(6)7/h1-4H,5H2,(H2,10,11);(H,6,7). The third-order valence-corrected chi connectivity index (χ3v) is 1.57. The second kappa shape index (κ2) is 6.58. The third-order valence-electron chi connectivity index (χ3n) is 1.57. The quantitative estimate of drug-likeness (QED) is 0.796. The summed E-state index contributed by atoms with van der Waals surface area (Å²) in [5.74, 6) is -3.66. The maximum Gasteiger partial charge on any atom is 0.490 e. The number of alkyl halides is 3. The van der Waals surface area contributed by atoms with Crippen molar-refractivity contribution in [3.63, 3.8) is 0 Å². The highest BCUT2D eigenvalue weighted by atomic mass is 19.4. The SMILES string of the molecule is NC(=O)Cc1ccccc1F.O=C(O)C(F)(F)F. The van der Waals surface area contributed by atoms with Crippen molar-refractivity contribution in [2.75, 3.05) is 0 Å². The van der Waals surface area contributed by atoms with Gasteiger partial charge in [0.25, 0.3) is 0 Å². The van der Waals surface area contributed by atoms with Crippen molar-refractivity contribution in [2.24, 2.45) is 5.73 Å². The van der Waals surface area contributed by atoms with E-state index in [0.29, 0.717) is 5.56 Å². The van der Waals surface area contributed by atoms with Crippen molar-refractivity contribution in [3.05, 3.63) is 35.6 Å². The van der Waals surface area contributed by atoms with Gasteiger partial charge in [-0.2, -0.15) is 13.2 Å². The summed E-state index contributed by atoms with van der Waals surface area (Å²) in [6, 6.07) is 6.08. The Morgan fingerprint density at radius 1 is 1.22 bits per heavy atom. The van der Waals surface area contributed by atoms with Gasteiger partial charge in [-0.05, 0) is 11.6 Å². The lowest BCUT2D eigenvalue weighted by Gasteiger charge is -1.97. The Balaban J connectivity index is 0.000000360. The summed E-state index contributed by atoms with van der Waals surface area (Å²) in [5, 5.41) is 7.12. The second-order valence-electron chi connectivity index (χ2n) is 3.04. The zero-order valence-electron chi connectivity index (χ0n) is 8.87. The highest BCUT2D eigenvalue weighted by molar-refractivity contribution is 5.76. The number of rotatable bonds is 2. The van der Waals surface area contributed by atoms with Gasteiger partial charge in [0.1, 0.15) is 5.82 Å². The Kier molecular flexibility index (Phi) is 5.80. The molecule has 0 aliphatic heterocycles. The van der Waals surface area contributed by atoms with E-state index in [1.807, 2.05) is 0 Å². The molecule has 0 saturated heterocycles. The number of amides is 1. The molecular weight excluding hydrogens is 258 g/mol. The van der Waals surface area contributed by atoms with Gasteiger partial charge in [0.2, 0.25) is 5.91 Å². The molecule has 0 aromatic heterocycles. The van der Waals surface area contributed by atoms with Crippen molar-refractivity contribution in [1.29, 1.82) is 0 Å². The molecule has 8 heteroatoms. The van der Waals surface area contributed by atoms with Crippen LogP contribution in [0.5, 0.6) is 0 Å². The number of carbonyl (C=O) groups excluding carboxylic acids is 1. The molecule has 0 unspecified atom stereocenters. The van der Waals surface area contributed by atoms with Crippen LogP contribution in [0.25, 0.3) is 0 Å². The Bertz CT molecular complexity index is 431. The minimum Gasteiger partial charge on any atom is -0.475 e. The van der Waals surface area contributed by atoms with Gasteiger partial charge >= 0.3 is 12.1 Å². The van der Waals surface area contributed by atoms with Crippen LogP contribution in [0.3, 0.4) is 0 Å². The van der Waals surface area contributed by atoms with E-state index in [2.05, 4.69) is 0 Å². The molecule has 0 aliphatic rings. The van der Waals surface area contributed by atoms with Crippen LogP contribution in [-0.2, 0) is 16.0 Å². The van der Waals surface area contributed by atoms with E-state index in [4.69, 9.17) is 15.6 Å². The Hall–Kier alpha value is -2.12. The monoisotopic (exact) mass is 267 g/mol. The molecule has 4 nitrogen and oxygen atoms in total. The topological polar surface area (TPSA) is 80.4 Å². The predicted molar refractivity (Wildman–Crippen MR) is 53.0 cm³/mol. The second-order valence-corrected chi connectivity index (χ2v) is 3.04. The first-order valence-electron chi connectivity index (χ1n) is 4.46. The summed E-state index contributed by atoms with van der Waals surface area (Å²) in [6.45, 7) is 0. The number of primary amides is 1. The van der Waals surface area contributed by atoms with E-state index < -0.39 is 18.1 Å². The van der Waals surface area contributed by atoms with Crippen LogP contribution in [0.15, 0.2) is 24.3 Å². The first kappa shape index (κ1) is 15.9. The minimum atomic E-state index is -5.08. The molecule has 0 radical (unpaired) electrons. The lowest BCUT2D eigenvalue weighted by Crippen LogP contribution is -2.21. The van der Waals surface area contributed by atoms with Gasteiger partial charge in [-0.1, -0.05) is 18.2 Å². The van der Waals surface area contributed by atoms with Crippen molar-refractivity contribution >= 4 is 11.9 Å². The van der Waals surface area contributed by atoms with E-state index >= 15 is 0 Å². The number of carboxylic acids is 1. The summed E-state index contributed by atoms with van der Waals surface area (Å²) in [6.07, 6.45) is -5.12. The van der Waals surface area contributed by atoms with Gasteiger partial charge in [-0.25, -0.2) is 9.18 Å². The molecule has 0 saturated carbocycles. The number of nitrogens with two attached hydrogens (primary N) is 1. The van der Waals surface area contributed by atoms with Gasteiger partial charge in [0, 0.05) is 0 Å². The van der Waals surface area contributed by atoms with Crippen molar-refractivity contribution < 1.29 is 32.3 Å². The van der Waals surface area contributed by atoms with Gasteiger partial charge in [-0.3, -0.25) is 4.79 Å². The minimum absolute atomic E-state index is 0.0350. The molecular formula is C10H9F4NO3. The highest BCUT2D eigenvalue weighted by Crippen LogP contribution is 2.13. The number of hydrogen-bond acceptors (Lipinski definition) is 2. The number of benzene rings is 1. The lowest BCUT2D eigenvalue weighted by molar-refractivity contribution is -0.192. The lowest BCUT2D eigenvalue weighted by atomic mass is 10.1. The van der Waals surface area contributed by atoms with Crippen LogP contribution in [0.2, 0.25) is 0 Å². The number of hydrogen-bond donors (Lipinski definition) is 2. The van der Waals surface area contributed by atoms with E-state index in [-0.39, 0.29) is 12.2 Å². The van der Waals surface area contributed by atoms with Crippen molar-refractivity contribution in [2.45, 2.75) is 12.6 Å². The first-order valence-corrected chi connectivity index (χ1v) is 4.46. The van der Waals surface area contributed by atoms with Crippen LogP contribution < -0.4 is 5.73 Å². The molecule has 1 rings (SSSR count). The molecule has 100 valence electrons. The van der Waals surface area contributed by atoms with Crippen LogP contribution in [0.4, 0.5) is 17.6 Å². The van der Waals surface area contributed by atoms with E-state index in [9.17, 15) is 22.4 Å². The number of carbonyl (C=O) groups is 2. The Morgan fingerprint density at radius 2 is 1.67 bits per heavy atom. The summed E-state index contributed by atoms with van der Waals surface area (Å²) in [5.41, 5.74) is 5.23. The number of carboxylic acid groups (broad SMARTS) is 1. The van der Waals surface area contributed by atoms with Crippen molar-refractivity contribution in [1.82, 2.24) is 0 Å². The summed E-state index contributed by atoms with van der Waals surface area (Å²) in [4.78, 5) is 19.3. The zero-order valence-corrected chi connectivity index (χ0v) is 8.87. The van der Waals surface area contributed by atoms with E-state index in [1.54, 1.807) is 18.2 Å². The maximum atomic E-state index is 12.7. The summed E-state index contributed by atoms with van der Waals surface area (Å²) < 4.78 is 44.5. The fraction of sp³-hybridized carbons (Fsp3) is 0.200. The van der Waals surface area contributed by atoms with Gasteiger partial charge < -0.3 is 10.8 Å². The van der Waals surface area contributed by atoms with E-state index in [1.165, 1.54) is 6.07 Å². The average molecular weight is 267 g/mol. The molecule has 0 bridgehead atoms. The predicted octanol–water partition coefficient (Wildman–Crippen LogP) is 1.49. The largest absolute Gasteiger partial charge is 0.490 e. The summed E-state index contributed by atoms with van der Waals surface area (Å²) >= 11 is 0. The molecule has 1 aromatic carbocycles. The molecule has 18 heavy (non-hydrogen) atoms. The molecule has 0 atom stereocenters. The molecule has 0 fully saturated rings. The Labute approximate surface area is 99.0 Å². The number of aliphatic carboxylic acids is 1. The molecule has 0 heterocycles. The fourth-order valence-electron chi connectivity index (χ4n) is 0.829. The fourth-order valence-corrected chi connectivity index (χ4v) is 0.829. The van der Waals surface area contributed by atoms with Crippen LogP contribution in [0, 0.1) is 5.82 Å². The Morgan fingerprint density at radius 3 is 2.00 bits per heavy atom. The molecule has 0 aliphatic carbocycles. The van der Waals surface area contributed by atoms with Crippen molar-refractivity contribution in [3.8, 4) is 0 Å². The van der Waals surface area contributed by atoms with Crippen LogP contribution in [-0.4, -0.2) is 23.2 Å². The smallest absolute Gasteiger partial charge is 0.475 e. The van der Waals surface area contributed by atoms with Crippen LogP contribution >= 0.6 is 0 Å². The van der Waals surface area contributed by atoms with E-state index in [0.717, 1.165) is 0 Å². The normalized spacial score (nSPS) is 10.2.